The predicted octanol–water partition coefficient (Wildman–Crippen LogP) is 5.36. The van der Waals surface area contributed by atoms with Crippen LogP contribution in [-0.4, -0.2) is 33.2 Å². The molecule has 1 aromatic heterocycles. The average Bonchev–Trinajstić information content (AvgIpc) is 3.62. The molecule has 5 nitrogen and oxygen atoms in total. The monoisotopic (exact) mass is 428 g/mol. The maximum absolute atomic E-state index is 13.0. The third kappa shape index (κ3) is 4.22. The van der Waals surface area contributed by atoms with Crippen LogP contribution in [0.5, 0.6) is 0 Å². The first-order valence-corrected chi connectivity index (χ1v) is 11.9. The number of carbonyl (C=O) groups is 1. The van der Waals surface area contributed by atoms with Gasteiger partial charge in [-0.1, -0.05) is 42.5 Å². The molecule has 0 aliphatic heterocycles. The quantitative estimate of drug-likeness (QED) is 0.551. The number of amides is 1. The van der Waals surface area contributed by atoms with E-state index in [9.17, 15) is 4.79 Å². The van der Waals surface area contributed by atoms with E-state index in [1.165, 1.54) is 43.2 Å². The summed E-state index contributed by atoms with van der Waals surface area (Å²) in [5, 5.41) is 7.81. The number of hydrogen-bond donors (Lipinski definition) is 1. The number of rotatable bonds is 7. The van der Waals surface area contributed by atoms with Gasteiger partial charge in [0.1, 0.15) is 0 Å². The zero-order valence-electron chi connectivity index (χ0n) is 19.1. The number of nitrogens with one attached hydrogen (secondary N) is 1. The topological polar surface area (TPSA) is 50.2 Å². The summed E-state index contributed by atoms with van der Waals surface area (Å²) in [5.41, 5.74) is 6.60. The van der Waals surface area contributed by atoms with Crippen LogP contribution in [-0.2, 0) is 11.2 Å². The zero-order chi connectivity index (χ0) is 22.1. The molecule has 5 heteroatoms. The summed E-state index contributed by atoms with van der Waals surface area (Å²) in [4.78, 5) is 15.6. The summed E-state index contributed by atoms with van der Waals surface area (Å²) in [5.74, 6) is 0.0681. The zero-order valence-corrected chi connectivity index (χ0v) is 19.1. The molecule has 3 aromatic rings. The average molecular weight is 429 g/mol. The van der Waals surface area contributed by atoms with Crippen LogP contribution in [0.2, 0.25) is 0 Å². The molecule has 1 N–H and O–H groups in total. The summed E-state index contributed by atoms with van der Waals surface area (Å²) in [6, 6.07) is 20.0. The molecule has 2 aromatic carbocycles. The second kappa shape index (κ2) is 8.91. The first-order chi connectivity index (χ1) is 15.6. The van der Waals surface area contributed by atoms with Crippen molar-refractivity contribution in [1.82, 2.24) is 14.7 Å². The van der Waals surface area contributed by atoms with Crippen LogP contribution in [0, 0.1) is 13.8 Å². The van der Waals surface area contributed by atoms with Gasteiger partial charge in [-0.25, -0.2) is 4.68 Å². The van der Waals surface area contributed by atoms with Crippen LogP contribution in [0.3, 0.4) is 0 Å². The lowest BCUT2D eigenvalue weighted by Crippen LogP contribution is -2.35. The summed E-state index contributed by atoms with van der Waals surface area (Å²) in [6.45, 7) is 4.77. The molecule has 0 radical (unpaired) electrons. The van der Waals surface area contributed by atoms with E-state index in [0.717, 1.165) is 29.3 Å². The molecule has 0 bridgehead atoms. The molecular formula is C27H32N4O. The van der Waals surface area contributed by atoms with E-state index in [-0.39, 0.29) is 5.91 Å². The molecule has 166 valence electrons. The summed E-state index contributed by atoms with van der Waals surface area (Å²) in [7, 11) is 0. The van der Waals surface area contributed by atoms with Crippen molar-refractivity contribution in [1.29, 1.82) is 0 Å². The van der Waals surface area contributed by atoms with Crippen molar-refractivity contribution in [2.75, 3.05) is 11.9 Å². The van der Waals surface area contributed by atoms with E-state index in [0.29, 0.717) is 18.5 Å². The Morgan fingerprint density at radius 1 is 1.06 bits per heavy atom. The molecular weight excluding hydrogens is 396 g/mol. The van der Waals surface area contributed by atoms with Crippen LogP contribution in [0.4, 0.5) is 5.69 Å². The van der Waals surface area contributed by atoms with E-state index < -0.39 is 0 Å². The lowest BCUT2D eigenvalue weighted by atomic mass is 9.86. The fourth-order valence-corrected chi connectivity index (χ4v) is 5.15. The highest BCUT2D eigenvalue weighted by Crippen LogP contribution is 2.40. The molecule has 0 saturated heterocycles. The van der Waals surface area contributed by atoms with Gasteiger partial charge in [-0.05, 0) is 69.2 Å². The number of hydrogen-bond acceptors (Lipinski definition) is 3. The van der Waals surface area contributed by atoms with Crippen molar-refractivity contribution in [3.63, 3.8) is 0 Å². The largest absolute Gasteiger partial charge is 0.323 e. The Balaban J connectivity index is 1.28. The van der Waals surface area contributed by atoms with Crippen molar-refractivity contribution < 1.29 is 4.79 Å². The first kappa shape index (κ1) is 21.0. The third-order valence-electron chi connectivity index (χ3n) is 6.91. The Bertz CT molecular complexity index is 1100. The highest BCUT2D eigenvalue weighted by molar-refractivity contribution is 5.92. The number of fused-ring (bicyclic) bond motifs is 1. The Hall–Kier alpha value is -2.92. The fraction of sp³-hybridized carbons (Fsp3) is 0.407. The summed E-state index contributed by atoms with van der Waals surface area (Å²) in [6.07, 6.45) is 6.61. The van der Waals surface area contributed by atoms with Gasteiger partial charge in [0.15, 0.2) is 0 Å². The summed E-state index contributed by atoms with van der Waals surface area (Å²) >= 11 is 0. The van der Waals surface area contributed by atoms with E-state index in [4.69, 9.17) is 0 Å². The van der Waals surface area contributed by atoms with Gasteiger partial charge in [0.05, 0.1) is 22.8 Å². The van der Waals surface area contributed by atoms with Gasteiger partial charge >= 0.3 is 0 Å². The van der Waals surface area contributed by atoms with Crippen LogP contribution in [0.25, 0.3) is 5.69 Å². The minimum Gasteiger partial charge on any atom is -0.323 e. The second-order valence-electron chi connectivity index (χ2n) is 9.17. The predicted molar refractivity (Wildman–Crippen MR) is 128 cm³/mol. The van der Waals surface area contributed by atoms with E-state index >= 15 is 0 Å². The molecule has 1 atom stereocenters. The lowest BCUT2D eigenvalue weighted by molar-refractivity contribution is -0.116. The minimum atomic E-state index is 0.0681. The highest BCUT2D eigenvalue weighted by atomic mass is 16.1. The van der Waals surface area contributed by atoms with Gasteiger partial charge in [-0.3, -0.25) is 9.69 Å². The number of aromatic nitrogens is 2. The summed E-state index contributed by atoms with van der Waals surface area (Å²) < 4.78 is 1.90. The Morgan fingerprint density at radius 3 is 2.59 bits per heavy atom. The maximum atomic E-state index is 13.0. The molecule has 2 aliphatic rings. The number of anilines is 1. The normalized spacial score (nSPS) is 17.9. The molecule has 0 spiro atoms. The smallest absolute Gasteiger partial charge is 0.225 e. The van der Waals surface area contributed by atoms with Gasteiger partial charge in [0.25, 0.3) is 0 Å². The van der Waals surface area contributed by atoms with Crippen LogP contribution < -0.4 is 5.32 Å². The van der Waals surface area contributed by atoms with Crippen LogP contribution in [0.1, 0.15) is 60.7 Å². The molecule has 1 heterocycles. The number of nitrogens with zero attached hydrogens (tertiary/aromatic N) is 3. The third-order valence-corrected chi connectivity index (χ3v) is 6.91. The van der Waals surface area contributed by atoms with E-state index in [1.54, 1.807) is 0 Å². The number of aryl methyl sites for hydroxylation is 2. The molecule has 32 heavy (non-hydrogen) atoms. The molecule has 2 aliphatic carbocycles. The van der Waals surface area contributed by atoms with Crippen molar-refractivity contribution in [2.24, 2.45) is 0 Å². The highest BCUT2D eigenvalue weighted by Gasteiger charge is 2.36. The van der Waals surface area contributed by atoms with Gasteiger partial charge in [-0.2, -0.15) is 5.10 Å². The standard InChI is InChI=1S/C27H32N4O/c1-19-27(20(2)31(29-19)23-11-4-3-5-12-23)28-26(32)17-18-30(22-15-16-22)25-14-8-10-21-9-6-7-13-24(21)25/h3-7,9,11-13,22,25H,8,10,14-18H2,1-2H3,(H,28,32). The van der Waals surface area contributed by atoms with Crippen molar-refractivity contribution in [3.8, 4) is 5.69 Å². The molecule has 1 saturated carbocycles. The van der Waals surface area contributed by atoms with Gasteiger partial charge in [0.2, 0.25) is 5.91 Å². The SMILES string of the molecule is Cc1nn(-c2ccccc2)c(C)c1NC(=O)CCN(C1CC1)C1CCCc2ccccc21. The van der Waals surface area contributed by atoms with Crippen LogP contribution >= 0.6 is 0 Å². The number of benzene rings is 2. The number of para-hydroxylation sites is 1. The molecule has 1 fully saturated rings. The van der Waals surface area contributed by atoms with Crippen molar-refractivity contribution in [3.05, 3.63) is 77.1 Å². The van der Waals surface area contributed by atoms with Gasteiger partial charge < -0.3 is 5.32 Å². The Kier molecular flexibility index (Phi) is 5.83. The van der Waals surface area contributed by atoms with Crippen molar-refractivity contribution >= 4 is 11.6 Å². The van der Waals surface area contributed by atoms with Crippen molar-refractivity contribution in [2.45, 2.75) is 64.5 Å². The fourth-order valence-electron chi connectivity index (χ4n) is 5.15. The van der Waals surface area contributed by atoms with Crippen LogP contribution in [0.15, 0.2) is 54.6 Å². The van der Waals surface area contributed by atoms with Gasteiger partial charge in [-0.15, -0.1) is 0 Å². The number of carbonyl (C=O) groups excluding carboxylic acids is 1. The first-order valence-electron chi connectivity index (χ1n) is 11.9. The van der Waals surface area contributed by atoms with E-state index in [1.807, 2.05) is 48.9 Å². The molecule has 1 amide bonds. The second-order valence-corrected chi connectivity index (χ2v) is 9.17. The molecule has 5 rings (SSSR count). The lowest BCUT2D eigenvalue weighted by Gasteiger charge is -2.36. The minimum absolute atomic E-state index is 0.0681. The molecule has 1 unspecified atom stereocenters. The Labute approximate surface area is 190 Å². The Morgan fingerprint density at radius 2 is 1.81 bits per heavy atom. The maximum Gasteiger partial charge on any atom is 0.225 e. The van der Waals surface area contributed by atoms with Gasteiger partial charge in [0, 0.05) is 25.0 Å². The van der Waals surface area contributed by atoms with E-state index in [2.05, 4.69) is 39.6 Å².